The number of primary amides is 1. The normalized spacial score (nSPS) is 30.6. The van der Waals surface area contributed by atoms with E-state index in [2.05, 4.69) is 5.32 Å². The zero-order valence-electron chi connectivity index (χ0n) is 12.6. The number of nitrogens with two attached hydrogens (primary N) is 1. The molecule has 122 valence electrons. The monoisotopic (exact) mass is 304 g/mol. The van der Waals surface area contributed by atoms with Gasteiger partial charge in [-0.1, -0.05) is 0 Å². The van der Waals surface area contributed by atoms with Crippen molar-refractivity contribution in [2.24, 2.45) is 5.73 Å². The predicted molar refractivity (Wildman–Crippen MR) is 77.5 cm³/mol. The molecular weight excluding hydrogens is 278 g/mol. The number of amides is 1. The van der Waals surface area contributed by atoms with Crippen LogP contribution in [0.1, 0.15) is 19.8 Å². The molecule has 0 radical (unpaired) electrons. The maximum atomic E-state index is 13.2. The SMILES string of the molecule is C[C@H](CN1CC[C@@H](F)C1)N[C@H](CN1CC[C@@H](F)C1)C(N)=O. The average Bonchev–Trinajstić information content (AvgIpc) is 2.97. The van der Waals surface area contributed by atoms with Crippen molar-refractivity contribution < 1.29 is 13.6 Å². The third-order valence-electron chi connectivity index (χ3n) is 4.23. The third kappa shape index (κ3) is 5.16. The van der Waals surface area contributed by atoms with E-state index in [4.69, 9.17) is 5.73 Å². The zero-order valence-corrected chi connectivity index (χ0v) is 12.6. The number of carbonyl (C=O) groups is 1. The third-order valence-corrected chi connectivity index (χ3v) is 4.23. The van der Waals surface area contributed by atoms with Gasteiger partial charge in [-0.2, -0.15) is 0 Å². The van der Waals surface area contributed by atoms with E-state index in [1.807, 2.05) is 16.7 Å². The van der Waals surface area contributed by atoms with E-state index in [-0.39, 0.29) is 6.04 Å². The Bertz CT molecular complexity index is 358. The van der Waals surface area contributed by atoms with Crippen LogP contribution in [0.15, 0.2) is 0 Å². The Balaban J connectivity index is 1.77. The lowest BCUT2D eigenvalue weighted by Crippen LogP contribution is -2.53. The van der Waals surface area contributed by atoms with E-state index in [1.54, 1.807) is 0 Å². The summed E-state index contributed by atoms with van der Waals surface area (Å²) in [7, 11) is 0. The second-order valence-corrected chi connectivity index (χ2v) is 6.31. The maximum Gasteiger partial charge on any atom is 0.235 e. The molecule has 0 unspecified atom stereocenters. The Morgan fingerprint density at radius 2 is 1.71 bits per heavy atom. The Morgan fingerprint density at radius 1 is 1.19 bits per heavy atom. The van der Waals surface area contributed by atoms with Crippen molar-refractivity contribution in [3.05, 3.63) is 0 Å². The van der Waals surface area contributed by atoms with Gasteiger partial charge in [-0.25, -0.2) is 8.78 Å². The average molecular weight is 304 g/mol. The van der Waals surface area contributed by atoms with Crippen LogP contribution >= 0.6 is 0 Å². The van der Waals surface area contributed by atoms with Crippen LogP contribution < -0.4 is 11.1 Å². The molecule has 7 heteroatoms. The molecule has 0 aromatic heterocycles. The summed E-state index contributed by atoms with van der Waals surface area (Å²) in [6.45, 7) is 5.34. The first-order chi connectivity index (χ1) is 9.94. The molecule has 1 amide bonds. The lowest BCUT2D eigenvalue weighted by atomic mass is 10.2. The number of nitrogens with one attached hydrogen (secondary N) is 1. The highest BCUT2D eigenvalue weighted by Crippen LogP contribution is 2.14. The summed E-state index contributed by atoms with van der Waals surface area (Å²) in [5, 5.41) is 3.20. The van der Waals surface area contributed by atoms with E-state index < -0.39 is 24.3 Å². The molecule has 0 bridgehead atoms. The molecule has 2 aliphatic heterocycles. The van der Waals surface area contributed by atoms with Crippen LogP contribution in [-0.4, -0.2) is 79.4 Å². The minimum atomic E-state index is -0.804. The van der Waals surface area contributed by atoms with Crippen molar-refractivity contribution in [1.82, 2.24) is 15.1 Å². The molecule has 2 rings (SSSR count). The first-order valence-electron chi connectivity index (χ1n) is 7.72. The topological polar surface area (TPSA) is 61.6 Å². The molecule has 2 aliphatic rings. The molecule has 2 heterocycles. The van der Waals surface area contributed by atoms with Crippen LogP contribution in [0.3, 0.4) is 0 Å². The number of hydrogen-bond acceptors (Lipinski definition) is 4. The predicted octanol–water partition coefficient (Wildman–Crippen LogP) is -0.0940. The number of alkyl halides is 2. The van der Waals surface area contributed by atoms with E-state index in [1.165, 1.54) is 0 Å². The van der Waals surface area contributed by atoms with E-state index in [0.717, 1.165) is 6.54 Å². The molecule has 0 aliphatic carbocycles. The van der Waals surface area contributed by atoms with Gasteiger partial charge in [-0.3, -0.25) is 14.6 Å². The standard InChI is InChI=1S/C14H26F2N4O/c1-10(6-19-4-2-11(15)7-19)18-13(14(17)21)9-20-5-3-12(16)8-20/h10-13,18H,2-9H2,1H3,(H2,17,21)/t10-,11-,12-,13-/m1/s1. The fraction of sp³-hybridized carbons (Fsp3) is 0.929. The van der Waals surface area contributed by atoms with Crippen molar-refractivity contribution in [2.75, 3.05) is 39.3 Å². The quantitative estimate of drug-likeness (QED) is 0.690. The number of hydrogen-bond donors (Lipinski definition) is 2. The first kappa shape index (κ1) is 16.6. The van der Waals surface area contributed by atoms with Gasteiger partial charge in [-0.15, -0.1) is 0 Å². The van der Waals surface area contributed by atoms with Gasteiger partial charge in [0.25, 0.3) is 0 Å². The van der Waals surface area contributed by atoms with E-state index in [0.29, 0.717) is 45.6 Å². The van der Waals surface area contributed by atoms with Crippen molar-refractivity contribution >= 4 is 5.91 Å². The van der Waals surface area contributed by atoms with Crippen molar-refractivity contribution in [2.45, 2.75) is 44.2 Å². The van der Waals surface area contributed by atoms with Crippen molar-refractivity contribution in [1.29, 1.82) is 0 Å². The molecule has 2 saturated heterocycles. The number of likely N-dealkylation sites (tertiary alicyclic amines) is 2. The van der Waals surface area contributed by atoms with Crippen LogP contribution in [0.25, 0.3) is 0 Å². The van der Waals surface area contributed by atoms with Gasteiger partial charge in [0, 0.05) is 45.3 Å². The van der Waals surface area contributed by atoms with Crippen LogP contribution in [0.5, 0.6) is 0 Å². The zero-order chi connectivity index (χ0) is 15.4. The number of halogens is 2. The van der Waals surface area contributed by atoms with Crippen LogP contribution in [0.2, 0.25) is 0 Å². The fourth-order valence-electron chi connectivity index (χ4n) is 3.17. The highest BCUT2D eigenvalue weighted by Gasteiger charge is 2.28. The Kier molecular flexibility index (Phi) is 5.89. The summed E-state index contributed by atoms with van der Waals surface area (Å²) in [6.07, 6.45) is -0.443. The van der Waals surface area contributed by atoms with Crippen molar-refractivity contribution in [3.8, 4) is 0 Å². The number of carbonyl (C=O) groups excluding carboxylic acids is 1. The molecule has 3 N–H and O–H groups in total. The lowest BCUT2D eigenvalue weighted by molar-refractivity contribution is -0.120. The van der Waals surface area contributed by atoms with Crippen LogP contribution in [0.4, 0.5) is 8.78 Å². The Hall–Kier alpha value is -0.790. The fourth-order valence-corrected chi connectivity index (χ4v) is 3.17. The van der Waals surface area contributed by atoms with Crippen LogP contribution in [0, 0.1) is 0 Å². The lowest BCUT2D eigenvalue weighted by Gasteiger charge is -2.27. The van der Waals surface area contributed by atoms with Gasteiger partial charge in [0.05, 0.1) is 6.04 Å². The Morgan fingerprint density at radius 3 is 2.14 bits per heavy atom. The summed E-state index contributed by atoms with van der Waals surface area (Å²) in [5.74, 6) is -0.422. The second-order valence-electron chi connectivity index (χ2n) is 6.31. The van der Waals surface area contributed by atoms with Gasteiger partial charge < -0.3 is 11.1 Å². The molecule has 5 nitrogen and oxygen atoms in total. The van der Waals surface area contributed by atoms with Gasteiger partial charge in [0.2, 0.25) is 5.91 Å². The summed E-state index contributed by atoms with van der Waals surface area (Å²) in [4.78, 5) is 15.5. The van der Waals surface area contributed by atoms with Gasteiger partial charge >= 0.3 is 0 Å². The van der Waals surface area contributed by atoms with Gasteiger partial charge in [0.15, 0.2) is 0 Å². The molecule has 0 aromatic rings. The number of rotatable bonds is 7. The van der Waals surface area contributed by atoms with Gasteiger partial charge in [-0.05, 0) is 19.8 Å². The highest BCUT2D eigenvalue weighted by atomic mass is 19.1. The van der Waals surface area contributed by atoms with Crippen molar-refractivity contribution in [3.63, 3.8) is 0 Å². The minimum Gasteiger partial charge on any atom is -0.368 e. The molecule has 2 fully saturated rings. The first-order valence-corrected chi connectivity index (χ1v) is 7.72. The highest BCUT2D eigenvalue weighted by molar-refractivity contribution is 5.80. The largest absolute Gasteiger partial charge is 0.368 e. The molecule has 0 aromatic carbocycles. The molecular formula is C14H26F2N4O. The minimum absolute atomic E-state index is 0.0385. The Labute approximate surface area is 124 Å². The molecule has 0 saturated carbocycles. The summed E-state index contributed by atoms with van der Waals surface area (Å²) in [5.41, 5.74) is 5.43. The van der Waals surface area contributed by atoms with E-state index >= 15 is 0 Å². The summed E-state index contributed by atoms with van der Waals surface area (Å²) < 4.78 is 26.3. The maximum absolute atomic E-state index is 13.2. The van der Waals surface area contributed by atoms with E-state index in [9.17, 15) is 13.6 Å². The van der Waals surface area contributed by atoms with Crippen LogP contribution in [-0.2, 0) is 4.79 Å². The smallest absolute Gasteiger partial charge is 0.235 e. The summed E-state index contributed by atoms with van der Waals surface area (Å²) >= 11 is 0. The molecule has 21 heavy (non-hydrogen) atoms. The summed E-state index contributed by atoms with van der Waals surface area (Å²) in [6, 6.07) is -0.453. The second kappa shape index (κ2) is 7.47. The molecule has 4 atom stereocenters. The molecule has 0 spiro atoms. The number of nitrogens with zero attached hydrogens (tertiary/aromatic N) is 2. The van der Waals surface area contributed by atoms with Gasteiger partial charge in [0.1, 0.15) is 12.3 Å².